The number of carbonyl (C=O) groups excluding carboxylic acids is 1. The van der Waals surface area contributed by atoms with Gasteiger partial charge in [0.1, 0.15) is 5.75 Å². The average molecular weight is 336 g/mol. The van der Waals surface area contributed by atoms with Crippen LogP contribution in [0.5, 0.6) is 11.5 Å². The summed E-state index contributed by atoms with van der Waals surface area (Å²) in [5, 5.41) is 3.00. The third-order valence-corrected chi connectivity index (χ3v) is 3.35. The van der Waals surface area contributed by atoms with Crippen molar-refractivity contribution in [3.05, 3.63) is 58.9 Å². The van der Waals surface area contributed by atoms with Gasteiger partial charge in [0.05, 0.1) is 24.9 Å². The van der Waals surface area contributed by atoms with Gasteiger partial charge in [0.25, 0.3) is 0 Å². The van der Waals surface area contributed by atoms with Crippen molar-refractivity contribution in [1.82, 2.24) is 0 Å². The Morgan fingerprint density at radius 1 is 1.17 bits per heavy atom. The van der Waals surface area contributed by atoms with Crippen molar-refractivity contribution in [1.29, 1.82) is 0 Å². The molecule has 1 amide bonds. The number of methoxy groups -OCH3 is 2. The molecule has 4 nitrogen and oxygen atoms in total. The number of amides is 1. The van der Waals surface area contributed by atoms with E-state index in [9.17, 15) is 9.18 Å². The first-order chi connectivity index (χ1) is 11.0. The molecule has 2 aromatic rings. The van der Waals surface area contributed by atoms with Gasteiger partial charge in [0.15, 0.2) is 11.6 Å². The molecule has 0 bridgehead atoms. The molecular formula is C17H15ClFNO3. The molecule has 2 aromatic carbocycles. The fourth-order valence-electron chi connectivity index (χ4n) is 1.86. The van der Waals surface area contributed by atoms with E-state index in [2.05, 4.69) is 5.32 Å². The van der Waals surface area contributed by atoms with Gasteiger partial charge in [-0.15, -0.1) is 0 Å². The quantitative estimate of drug-likeness (QED) is 0.835. The summed E-state index contributed by atoms with van der Waals surface area (Å²) in [6.07, 6.45) is 2.79. The molecule has 0 saturated heterocycles. The molecule has 0 radical (unpaired) electrons. The maximum atomic E-state index is 13.6. The van der Waals surface area contributed by atoms with Crippen LogP contribution in [0, 0.1) is 5.82 Å². The number of carbonyl (C=O) groups is 1. The molecule has 0 saturated carbocycles. The minimum absolute atomic E-state index is 0.150. The molecule has 0 aliphatic rings. The Hall–Kier alpha value is -2.53. The van der Waals surface area contributed by atoms with E-state index in [1.807, 2.05) is 0 Å². The van der Waals surface area contributed by atoms with Crippen molar-refractivity contribution in [3.8, 4) is 11.5 Å². The zero-order valence-corrected chi connectivity index (χ0v) is 13.4. The van der Waals surface area contributed by atoms with Crippen LogP contribution in [0.25, 0.3) is 6.08 Å². The number of hydrogen-bond acceptors (Lipinski definition) is 3. The van der Waals surface area contributed by atoms with E-state index < -0.39 is 5.82 Å². The molecule has 0 unspecified atom stereocenters. The van der Waals surface area contributed by atoms with Crippen LogP contribution in [0.3, 0.4) is 0 Å². The van der Waals surface area contributed by atoms with Gasteiger partial charge < -0.3 is 14.8 Å². The van der Waals surface area contributed by atoms with Gasteiger partial charge in [0.2, 0.25) is 5.91 Å². The molecule has 6 heteroatoms. The Kier molecular flexibility index (Phi) is 5.60. The van der Waals surface area contributed by atoms with Gasteiger partial charge >= 0.3 is 0 Å². The summed E-state index contributed by atoms with van der Waals surface area (Å²) < 4.78 is 23.4. The van der Waals surface area contributed by atoms with Gasteiger partial charge in [-0.25, -0.2) is 4.39 Å². The van der Waals surface area contributed by atoms with Crippen LogP contribution < -0.4 is 14.8 Å². The zero-order valence-electron chi connectivity index (χ0n) is 12.6. The maximum absolute atomic E-state index is 13.6. The van der Waals surface area contributed by atoms with E-state index in [1.165, 1.54) is 38.5 Å². The van der Waals surface area contributed by atoms with Gasteiger partial charge in [0, 0.05) is 12.1 Å². The van der Waals surface area contributed by atoms with E-state index in [-0.39, 0.29) is 11.7 Å². The lowest BCUT2D eigenvalue weighted by atomic mass is 10.2. The summed E-state index contributed by atoms with van der Waals surface area (Å²) in [7, 11) is 2.92. The van der Waals surface area contributed by atoms with Crippen molar-refractivity contribution in [2.75, 3.05) is 19.5 Å². The molecule has 0 spiro atoms. The summed E-state index contributed by atoms with van der Waals surface area (Å²) in [6.45, 7) is 0. The number of nitrogens with one attached hydrogen (secondary N) is 1. The molecule has 0 fully saturated rings. The standard InChI is InChI=1S/C17H15ClFNO3/c1-22-12-5-6-15(13(18)10-12)20-17(21)8-4-11-3-7-16(23-2)14(19)9-11/h3-10H,1-2H3,(H,20,21). The summed E-state index contributed by atoms with van der Waals surface area (Å²) in [5.41, 5.74) is 1.00. The number of benzene rings is 2. The molecule has 0 heterocycles. The summed E-state index contributed by atoms with van der Waals surface area (Å²) in [5.74, 6) is -0.129. The van der Waals surface area contributed by atoms with E-state index in [4.69, 9.17) is 21.1 Å². The van der Waals surface area contributed by atoms with Gasteiger partial charge in [-0.2, -0.15) is 0 Å². The summed E-state index contributed by atoms with van der Waals surface area (Å²) >= 11 is 6.04. The molecule has 0 atom stereocenters. The highest BCUT2D eigenvalue weighted by Crippen LogP contribution is 2.26. The molecule has 120 valence electrons. The largest absolute Gasteiger partial charge is 0.497 e. The maximum Gasteiger partial charge on any atom is 0.248 e. The summed E-state index contributed by atoms with van der Waals surface area (Å²) in [6, 6.07) is 9.34. The average Bonchev–Trinajstić information content (AvgIpc) is 2.55. The van der Waals surface area contributed by atoms with Crippen molar-refractivity contribution in [2.24, 2.45) is 0 Å². The van der Waals surface area contributed by atoms with Crippen molar-refractivity contribution >= 4 is 29.3 Å². The molecule has 23 heavy (non-hydrogen) atoms. The van der Waals surface area contributed by atoms with Gasteiger partial charge in [-0.05, 0) is 35.9 Å². The first-order valence-corrected chi connectivity index (χ1v) is 7.07. The van der Waals surface area contributed by atoms with Crippen LogP contribution in [-0.2, 0) is 4.79 Å². The molecular weight excluding hydrogens is 321 g/mol. The third-order valence-electron chi connectivity index (χ3n) is 3.04. The van der Waals surface area contributed by atoms with Gasteiger partial charge in [-0.1, -0.05) is 17.7 Å². The van der Waals surface area contributed by atoms with Crippen LogP contribution in [0.15, 0.2) is 42.5 Å². The van der Waals surface area contributed by atoms with Crippen molar-refractivity contribution < 1.29 is 18.7 Å². The highest BCUT2D eigenvalue weighted by atomic mass is 35.5. The zero-order chi connectivity index (χ0) is 16.8. The fourth-order valence-corrected chi connectivity index (χ4v) is 2.07. The Morgan fingerprint density at radius 2 is 1.96 bits per heavy atom. The van der Waals surface area contributed by atoms with E-state index >= 15 is 0 Å². The SMILES string of the molecule is COc1ccc(NC(=O)C=Cc2ccc(OC)c(F)c2)c(Cl)c1. The van der Waals surface area contributed by atoms with Gasteiger partial charge in [-0.3, -0.25) is 4.79 Å². The molecule has 0 aliphatic carbocycles. The monoisotopic (exact) mass is 335 g/mol. The van der Waals surface area contributed by atoms with Crippen LogP contribution in [0.4, 0.5) is 10.1 Å². The molecule has 0 aromatic heterocycles. The second kappa shape index (κ2) is 7.65. The number of ether oxygens (including phenoxy) is 2. The smallest absolute Gasteiger partial charge is 0.248 e. The van der Waals surface area contributed by atoms with E-state index in [0.717, 1.165) is 0 Å². The fraction of sp³-hybridized carbons (Fsp3) is 0.118. The number of hydrogen-bond donors (Lipinski definition) is 1. The molecule has 2 rings (SSSR count). The first-order valence-electron chi connectivity index (χ1n) is 6.69. The van der Waals surface area contributed by atoms with Crippen molar-refractivity contribution in [2.45, 2.75) is 0 Å². The Morgan fingerprint density at radius 3 is 2.57 bits per heavy atom. The second-order valence-electron chi connectivity index (χ2n) is 4.56. The lowest BCUT2D eigenvalue weighted by Gasteiger charge is -2.07. The minimum Gasteiger partial charge on any atom is -0.497 e. The first kappa shape index (κ1) is 16.8. The minimum atomic E-state index is -0.492. The lowest BCUT2D eigenvalue weighted by molar-refractivity contribution is -0.111. The lowest BCUT2D eigenvalue weighted by Crippen LogP contribution is -2.08. The molecule has 1 N–H and O–H groups in total. The van der Waals surface area contributed by atoms with E-state index in [0.29, 0.717) is 22.0 Å². The van der Waals surface area contributed by atoms with Crippen LogP contribution in [-0.4, -0.2) is 20.1 Å². The second-order valence-corrected chi connectivity index (χ2v) is 4.97. The van der Waals surface area contributed by atoms with Crippen molar-refractivity contribution in [3.63, 3.8) is 0 Å². The van der Waals surface area contributed by atoms with E-state index in [1.54, 1.807) is 24.3 Å². The normalized spacial score (nSPS) is 10.6. The van der Waals surface area contributed by atoms with Crippen LogP contribution in [0.2, 0.25) is 5.02 Å². The highest BCUT2D eigenvalue weighted by Gasteiger charge is 2.05. The topological polar surface area (TPSA) is 47.6 Å². The number of rotatable bonds is 5. The predicted molar refractivity (Wildman–Crippen MR) is 88.6 cm³/mol. The Bertz CT molecular complexity index is 747. The van der Waals surface area contributed by atoms with Crippen LogP contribution >= 0.6 is 11.6 Å². The van der Waals surface area contributed by atoms with Crippen LogP contribution in [0.1, 0.15) is 5.56 Å². The highest BCUT2D eigenvalue weighted by molar-refractivity contribution is 6.34. The number of halogens is 2. The number of anilines is 1. The predicted octanol–water partition coefficient (Wildman–Crippen LogP) is 4.15. The Balaban J connectivity index is 2.05. The third kappa shape index (κ3) is 4.47. The Labute approximate surface area is 138 Å². The molecule has 0 aliphatic heterocycles. The summed E-state index contributed by atoms with van der Waals surface area (Å²) in [4.78, 5) is 11.9.